The molecule has 1 saturated heterocycles. The average molecular weight is 507 g/mol. The first-order chi connectivity index (χ1) is 17.4. The number of aromatic nitrogens is 3. The second-order valence-corrected chi connectivity index (χ2v) is 9.91. The van der Waals surface area contributed by atoms with Gasteiger partial charge in [-0.05, 0) is 68.5 Å². The van der Waals surface area contributed by atoms with Gasteiger partial charge in [-0.2, -0.15) is 0 Å². The third-order valence-electron chi connectivity index (χ3n) is 7.21. The van der Waals surface area contributed by atoms with Gasteiger partial charge in [0.2, 0.25) is 5.91 Å². The summed E-state index contributed by atoms with van der Waals surface area (Å²) in [6.07, 6.45) is 3.43. The van der Waals surface area contributed by atoms with Gasteiger partial charge < -0.3 is 18.7 Å². The Kier molecular flexibility index (Phi) is 6.75. The van der Waals surface area contributed by atoms with Crippen molar-refractivity contribution < 1.29 is 14.1 Å². The van der Waals surface area contributed by atoms with Crippen LogP contribution in [0.2, 0.25) is 5.02 Å². The molecule has 1 aliphatic rings. The third-order valence-corrected chi connectivity index (χ3v) is 7.51. The van der Waals surface area contributed by atoms with Crippen LogP contribution >= 0.6 is 11.6 Å². The number of hydrogen-bond donors (Lipinski definition) is 0. The van der Waals surface area contributed by atoms with Gasteiger partial charge in [0.1, 0.15) is 17.3 Å². The van der Waals surface area contributed by atoms with Crippen molar-refractivity contribution in [1.29, 1.82) is 0 Å². The molecule has 2 aromatic heterocycles. The summed E-state index contributed by atoms with van der Waals surface area (Å²) in [7, 11) is 1.62. The van der Waals surface area contributed by atoms with Crippen LogP contribution in [0, 0.1) is 13.8 Å². The predicted octanol–water partition coefficient (Wildman–Crippen LogP) is 5.94. The highest BCUT2D eigenvalue weighted by Crippen LogP contribution is 2.34. The van der Waals surface area contributed by atoms with E-state index in [0.29, 0.717) is 16.8 Å². The molecule has 0 aliphatic carbocycles. The first kappa shape index (κ1) is 24.4. The fourth-order valence-electron chi connectivity index (χ4n) is 5.34. The molecule has 8 heteroatoms. The maximum atomic E-state index is 11.9. The molecular weight excluding hydrogens is 476 g/mol. The van der Waals surface area contributed by atoms with Crippen LogP contribution in [-0.4, -0.2) is 45.7 Å². The van der Waals surface area contributed by atoms with Crippen molar-refractivity contribution in [2.24, 2.45) is 0 Å². The Hall–Kier alpha value is -3.32. The second-order valence-electron chi connectivity index (χ2n) is 9.51. The molecule has 4 aromatic rings. The number of carbonyl (C=O) groups is 1. The number of piperidine rings is 1. The van der Waals surface area contributed by atoms with Crippen LogP contribution in [0.25, 0.3) is 22.2 Å². The van der Waals surface area contributed by atoms with E-state index in [9.17, 15) is 4.79 Å². The Labute approximate surface area is 216 Å². The zero-order valence-electron chi connectivity index (χ0n) is 21.2. The van der Waals surface area contributed by atoms with Crippen molar-refractivity contribution in [2.45, 2.75) is 52.5 Å². The number of likely N-dealkylation sites (tertiary alicyclic amines) is 1. The van der Waals surface area contributed by atoms with Crippen LogP contribution in [0.1, 0.15) is 48.6 Å². The van der Waals surface area contributed by atoms with Gasteiger partial charge in [0.15, 0.2) is 0 Å². The minimum Gasteiger partial charge on any atom is -0.495 e. The lowest BCUT2D eigenvalue weighted by Gasteiger charge is -2.33. The number of halogens is 1. The van der Waals surface area contributed by atoms with Crippen molar-refractivity contribution in [3.63, 3.8) is 0 Å². The Morgan fingerprint density at radius 1 is 1.14 bits per heavy atom. The molecule has 36 heavy (non-hydrogen) atoms. The van der Waals surface area contributed by atoms with E-state index in [-0.39, 0.29) is 5.91 Å². The zero-order valence-corrected chi connectivity index (χ0v) is 21.9. The molecule has 5 rings (SSSR count). The van der Waals surface area contributed by atoms with Crippen molar-refractivity contribution in [3.05, 3.63) is 64.3 Å². The number of fused-ring (bicyclic) bond motifs is 1. The topological polar surface area (TPSA) is 73.4 Å². The van der Waals surface area contributed by atoms with Crippen LogP contribution in [-0.2, 0) is 17.6 Å². The molecule has 3 heterocycles. The quantitative estimate of drug-likeness (QED) is 0.323. The molecular formula is C28H31ClN4O3. The molecule has 7 nitrogen and oxygen atoms in total. The summed E-state index contributed by atoms with van der Waals surface area (Å²) in [5.74, 6) is 2.68. The molecule has 0 saturated carbocycles. The number of amides is 1. The average Bonchev–Trinajstić information content (AvgIpc) is 3.41. The number of nitrogens with zero attached hydrogens (tertiary/aromatic N) is 4. The van der Waals surface area contributed by atoms with Gasteiger partial charge >= 0.3 is 0 Å². The lowest BCUT2D eigenvalue weighted by Crippen LogP contribution is -2.38. The third kappa shape index (κ3) is 4.60. The summed E-state index contributed by atoms with van der Waals surface area (Å²) < 4.78 is 13.1. The van der Waals surface area contributed by atoms with Gasteiger partial charge in [-0.1, -0.05) is 28.9 Å². The predicted molar refractivity (Wildman–Crippen MR) is 141 cm³/mol. The number of benzene rings is 2. The molecule has 1 amide bonds. The van der Waals surface area contributed by atoms with E-state index in [4.69, 9.17) is 25.8 Å². The summed E-state index contributed by atoms with van der Waals surface area (Å²) >= 11 is 6.37. The Morgan fingerprint density at radius 2 is 1.92 bits per heavy atom. The number of carbonyl (C=O) groups excluding carboxylic acids is 1. The van der Waals surface area contributed by atoms with Crippen molar-refractivity contribution in [3.8, 4) is 16.9 Å². The van der Waals surface area contributed by atoms with Crippen molar-refractivity contribution >= 4 is 28.5 Å². The molecule has 0 spiro atoms. The molecule has 1 aliphatic heterocycles. The highest BCUT2D eigenvalue weighted by Gasteiger charge is 2.26. The fraction of sp³-hybridized carbons (Fsp3) is 0.393. The molecule has 0 atom stereocenters. The number of hydrogen-bond acceptors (Lipinski definition) is 5. The van der Waals surface area contributed by atoms with E-state index in [2.05, 4.69) is 34.0 Å². The number of rotatable bonds is 6. The summed E-state index contributed by atoms with van der Waals surface area (Å²) in [5, 5.41) is 4.74. The molecule has 0 unspecified atom stereocenters. The van der Waals surface area contributed by atoms with Gasteiger partial charge in [0, 0.05) is 38.0 Å². The van der Waals surface area contributed by atoms with Gasteiger partial charge in [-0.25, -0.2) is 4.98 Å². The summed E-state index contributed by atoms with van der Waals surface area (Å²) in [5.41, 5.74) is 6.18. The minimum atomic E-state index is 0.143. The van der Waals surface area contributed by atoms with Crippen LogP contribution in [0.3, 0.4) is 0 Å². The van der Waals surface area contributed by atoms with Gasteiger partial charge in [0.25, 0.3) is 0 Å². The normalized spacial score (nSPS) is 14.5. The highest BCUT2D eigenvalue weighted by molar-refractivity contribution is 6.32. The molecule has 1 fully saturated rings. The number of aryl methyl sites for hydroxylation is 4. The van der Waals surface area contributed by atoms with Crippen LogP contribution in [0.5, 0.6) is 5.75 Å². The van der Waals surface area contributed by atoms with Crippen LogP contribution < -0.4 is 4.74 Å². The molecule has 0 radical (unpaired) electrons. The number of ether oxygens (including phenoxy) is 1. The summed E-state index contributed by atoms with van der Waals surface area (Å²) in [6.45, 7) is 7.08. The van der Waals surface area contributed by atoms with E-state index < -0.39 is 0 Å². The SMILES string of the molecule is COc1ccc(CCc2nc3cc(-c4c(C)noc4C)ccc3n2C2CCN(C(C)=O)CC2)cc1Cl. The highest BCUT2D eigenvalue weighted by atomic mass is 35.5. The van der Waals surface area contributed by atoms with E-state index >= 15 is 0 Å². The molecule has 2 aromatic carbocycles. The van der Waals surface area contributed by atoms with E-state index in [1.54, 1.807) is 14.0 Å². The van der Waals surface area contributed by atoms with E-state index in [1.165, 1.54) is 0 Å². The van der Waals surface area contributed by atoms with Crippen molar-refractivity contribution in [2.75, 3.05) is 20.2 Å². The Balaban J connectivity index is 1.50. The smallest absolute Gasteiger partial charge is 0.219 e. The van der Waals surface area contributed by atoms with Crippen molar-refractivity contribution in [1.82, 2.24) is 19.6 Å². The zero-order chi connectivity index (χ0) is 25.4. The fourth-order valence-corrected chi connectivity index (χ4v) is 5.62. The molecule has 0 N–H and O–H groups in total. The summed E-state index contributed by atoms with van der Waals surface area (Å²) in [4.78, 5) is 18.9. The summed E-state index contributed by atoms with van der Waals surface area (Å²) in [6, 6.07) is 12.7. The minimum absolute atomic E-state index is 0.143. The maximum Gasteiger partial charge on any atom is 0.219 e. The van der Waals surface area contributed by atoms with Gasteiger partial charge in [0.05, 0.1) is 28.9 Å². The lowest BCUT2D eigenvalue weighted by molar-refractivity contribution is -0.130. The van der Waals surface area contributed by atoms with Crippen LogP contribution in [0.15, 0.2) is 40.9 Å². The molecule has 188 valence electrons. The lowest BCUT2D eigenvalue weighted by atomic mass is 10.0. The molecule has 0 bridgehead atoms. The Bertz CT molecular complexity index is 1400. The number of imidazole rings is 1. The Morgan fingerprint density at radius 3 is 2.56 bits per heavy atom. The van der Waals surface area contributed by atoms with Crippen LogP contribution in [0.4, 0.5) is 0 Å². The second kappa shape index (κ2) is 9.97. The van der Waals surface area contributed by atoms with E-state index in [1.807, 2.05) is 30.9 Å². The monoisotopic (exact) mass is 506 g/mol. The standard InChI is InChI=1S/C28H31ClN4O3/c1-17-28(18(2)36-31-17)21-7-8-25-24(16-21)30-27(10-6-20-5-9-26(35-4)23(29)15-20)33(25)22-11-13-32(14-12-22)19(3)34/h5,7-9,15-16,22H,6,10-14H2,1-4H3. The largest absolute Gasteiger partial charge is 0.495 e. The van der Waals surface area contributed by atoms with E-state index in [0.717, 1.165) is 83.8 Å². The first-order valence-corrected chi connectivity index (χ1v) is 12.8. The maximum absolute atomic E-state index is 11.9. The van der Waals surface area contributed by atoms with Gasteiger partial charge in [-0.15, -0.1) is 0 Å². The first-order valence-electron chi connectivity index (χ1n) is 12.4. The van der Waals surface area contributed by atoms with Gasteiger partial charge in [-0.3, -0.25) is 4.79 Å². The number of methoxy groups -OCH3 is 1.